The van der Waals surface area contributed by atoms with Gasteiger partial charge in [-0.05, 0) is 31.2 Å². The number of methoxy groups -OCH3 is 1. The highest BCUT2D eigenvalue weighted by molar-refractivity contribution is 6.06. The number of benzene rings is 2. The van der Waals surface area contributed by atoms with Crippen molar-refractivity contribution >= 4 is 29.2 Å². The topological polar surface area (TPSA) is 84.9 Å². The maximum absolute atomic E-state index is 12.7. The molecule has 1 aliphatic rings. The van der Waals surface area contributed by atoms with Crippen LogP contribution in [0, 0.1) is 5.92 Å². The molecule has 7 heteroatoms. The molecule has 2 aromatic carbocycles. The molecule has 1 fully saturated rings. The van der Waals surface area contributed by atoms with Gasteiger partial charge >= 0.3 is 5.97 Å². The number of nitrogens with zero attached hydrogens (tertiary/aromatic N) is 1. The number of carbonyl (C=O) groups is 3. The Hall–Kier alpha value is -3.35. The lowest BCUT2D eigenvalue weighted by atomic mass is 10.1. The zero-order valence-corrected chi connectivity index (χ0v) is 15.8. The van der Waals surface area contributed by atoms with Crippen LogP contribution in [0.3, 0.4) is 0 Å². The average Bonchev–Trinajstić information content (AvgIpc) is 3.10. The molecular formula is C21H22N2O5. The second-order valence-electron chi connectivity index (χ2n) is 6.36. The van der Waals surface area contributed by atoms with E-state index < -0.39 is 11.9 Å². The normalized spacial score (nSPS) is 16.0. The standard InChI is InChI=1S/C21H22N2O5/c1-3-28-21(26)17-9-4-5-10-18(17)22-20(25)14-11-19(24)23(13-14)15-7-6-8-16(12-15)27-2/h4-10,12,14H,3,11,13H2,1-2H3,(H,22,25). The van der Waals surface area contributed by atoms with Crippen LogP contribution in [-0.2, 0) is 14.3 Å². The van der Waals surface area contributed by atoms with E-state index in [9.17, 15) is 14.4 Å². The Balaban J connectivity index is 1.73. The van der Waals surface area contributed by atoms with Crippen LogP contribution in [0.15, 0.2) is 48.5 Å². The summed E-state index contributed by atoms with van der Waals surface area (Å²) in [6.07, 6.45) is 0.102. The van der Waals surface area contributed by atoms with Crippen molar-refractivity contribution in [1.82, 2.24) is 0 Å². The lowest BCUT2D eigenvalue weighted by Gasteiger charge is -2.17. The second-order valence-corrected chi connectivity index (χ2v) is 6.36. The van der Waals surface area contributed by atoms with Gasteiger partial charge in [-0.3, -0.25) is 9.59 Å². The first kappa shape index (κ1) is 19.4. The highest BCUT2D eigenvalue weighted by Crippen LogP contribution is 2.29. The van der Waals surface area contributed by atoms with Gasteiger partial charge in [0.25, 0.3) is 0 Å². The Morgan fingerprint density at radius 2 is 1.96 bits per heavy atom. The predicted octanol–water partition coefficient (Wildman–Crippen LogP) is 2.86. The molecule has 2 aromatic rings. The van der Waals surface area contributed by atoms with E-state index >= 15 is 0 Å². The largest absolute Gasteiger partial charge is 0.497 e. The van der Waals surface area contributed by atoms with Crippen LogP contribution < -0.4 is 15.0 Å². The molecule has 7 nitrogen and oxygen atoms in total. The SMILES string of the molecule is CCOC(=O)c1ccccc1NC(=O)C1CC(=O)N(c2cccc(OC)c2)C1. The first-order valence-electron chi connectivity index (χ1n) is 9.05. The summed E-state index contributed by atoms with van der Waals surface area (Å²) in [4.78, 5) is 38.8. The molecule has 1 aliphatic heterocycles. The van der Waals surface area contributed by atoms with Gasteiger partial charge in [0, 0.05) is 24.7 Å². The molecule has 3 rings (SSSR count). The average molecular weight is 382 g/mol. The van der Waals surface area contributed by atoms with Gasteiger partial charge in [0.15, 0.2) is 0 Å². The van der Waals surface area contributed by atoms with Gasteiger partial charge in [0.05, 0.1) is 30.9 Å². The Bertz CT molecular complexity index is 896. The van der Waals surface area contributed by atoms with Crippen LogP contribution >= 0.6 is 0 Å². The van der Waals surface area contributed by atoms with Gasteiger partial charge in [-0.2, -0.15) is 0 Å². The summed E-state index contributed by atoms with van der Waals surface area (Å²) >= 11 is 0. The number of ether oxygens (including phenoxy) is 2. The molecule has 0 saturated carbocycles. The molecule has 1 saturated heterocycles. The maximum atomic E-state index is 12.7. The van der Waals surface area contributed by atoms with Crippen LogP contribution in [0.4, 0.5) is 11.4 Å². The highest BCUT2D eigenvalue weighted by Gasteiger charge is 2.35. The molecule has 0 radical (unpaired) electrons. The summed E-state index contributed by atoms with van der Waals surface area (Å²) in [5.41, 5.74) is 1.34. The Kier molecular flexibility index (Phi) is 5.93. The van der Waals surface area contributed by atoms with Gasteiger partial charge in [0.1, 0.15) is 5.75 Å². The third kappa shape index (κ3) is 4.14. The van der Waals surface area contributed by atoms with Crippen molar-refractivity contribution < 1.29 is 23.9 Å². The zero-order chi connectivity index (χ0) is 20.1. The number of anilines is 2. The fraction of sp³-hybridized carbons (Fsp3) is 0.286. The van der Waals surface area contributed by atoms with E-state index in [-0.39, 0.29) is 37.0 Å². The van der Waals surface area contributed by atoms with Crippen molar-refractivity contribution in [2.24, 2.45) is 5.92 Å². The molecule has 1 N–H and O–H groups in total. The first-order valence-corrected chi connectivity index (χ1v) is 9.05. The summed E-state index contributed by atoms with van der Waals surface area (Å²) in [6.45, 7) is 2.23. The number of para-hydroxylation sites is 1. The molecule has 146 valence electrons. The monoisotopic (exact) mass is 382 g/mol. The Labute approximate surface area is 163 Å². The second kappa shape index (κ2) is 8.56. The number of esters is 1. The quantitative estimate of drug-likeness (QED) is 0.777. The molecule has 2 amide bonds. The molecule has 0 aromatic heterocycles. The van der Waals surface area contributed by atoms with E-state index in [2.05, 4.69) is 5.32 Å². The van der Waals surface area contributed by atoms with Crippen LogP contribution in [0.2, 0.25) is 0 Å². The van der Waals surface area contributed by atoms with Crippen molar-refractivity contribution in [3.63, 3.8) is 0 Å². The number of nitrogens with one attached hydrogen (secondary N) is 1. The maximum Gasteiger partial charge on any atom is 0.340 e. The minimum absolute atomic E-state index is 0.102. The van der Waals surface area contributed by atoms with Crippen LogP contribution in [0.25, 0.3) is 0 Å². The van der Waals surface area contributed by atoms with Gasteiger partial charge in [0.2, 0.25) is 11.8 Å². The Morgan fingerprint density at radius 1 is 1.18 bits per heavy atom. The van der Waals surface area contributed by atoms with Crippen molar-refractivity contribution in [3.8, 4) is 5.75 Å². The van der Waals surface area contributed by atoms with Crippen molar-refractivity contribution in [2.45, 2.75) is 13.3 Å². The summed E-state index contributed by atoms with van der Waals surface area (Å²) in [6, 6.07) is 13.8. The minimum atomic E-state index is -0.519. The van der Waals surface area contributed by atoms with Crippen LogP contribution in [0.5, 0.6) is 5.75 Å². The van der Waals surface area contributed by atoms with E-state index in [0.717, 1.165) is 0 Å². The van der Waals surface area contributed by atoms with E-state index in [1.807, 2.05) is 0 Å². The Morgan fingerprint density at radius 3 is 2.71 bits per heavy atom. The van der Waals surface area contributed by atoms with Gasteiger partial charge in [-0.15, -0.1) is 0 Å². The van der Waals surface area contributed by atoms with E-state index in [1.165, 1.54) is 0 Å². The van der Waals surface area contributed by atoms with E-state index in [0.29, 0.717) is 17.1 Å². The number of rotatable bonds is 6. The summed E-state index contributed by atoms with van der Waals surface area (Å²) in [5.74, 6) is -0.822. The number of carbonyl (C=O) groups excluding carboxylic acids is 3. The van der Waals surface area contributed by atoms with Gasteiger partial charge in [-0.25, -0.2) is 4.79 Å². The molecule has 0 aliphatic carbocycles. The van der Waals surface area contributed by atoms with E-state index in [1.54, 1.807) is 67.5 Å². The molecule has 0 spiro atoms. The third-order valence-corrected chi connectivity index (χ3v) is 4.54. The fourth-order valence-corrected chi connectivity index (χ4v) is 3.12. The summed E-state index contributed by atoms with van der Waals surface area (Å²) in [7, 11) is 1.56. The molecular weight excluding hydrogens is 360 g/mol. The lowest BCUT2D eigenvalue weighted by molar-refractivity contribution is -0.122. The molecule has 1 unspecified atom stereocenters. The molecule has 28 heavy (non-hydrogen) atoms. The molecule has 0 bridgehead atoms. The van der Waals surface area contributed by atoms with Gasteiger partial charge in [-0.1, -0.05) is 18.2 Å². The van der Waals surface area contributed by atoms with Gasteiger partial charge < -0.3 is 19.7 Å². The van der Waals surface area contributed by atoms with Crippen LogP contribution in [-0.4, -0.2) is 38.0 Å². The number of hydrogen-bond acceptors (Lipinski definition) is 5. The van der Waals surface area contributed by atoms with Crippen molar-refractivity contribution in [2.75, 3.05) is 30.5 Å². The summed E-state index contributed by atoms with van der Waals surface area (Å²) in [5, 5.41) is 2.76. The van der Waals surface area contributed by atoms with E-state index in [4.69, 9.17) is 9.47 Å². The first-order chi connectivity index (χ1) is 13.5. The van der Waals surface area contributed by atoms with Crippen molar-refractivity contribution in [1.29, 1.82) is 0 Å². The molecule has 1 heterocycles. The number of hydrogen-bond donors (Lipinski definition) is 1. The highest BCUT2D eigenvalue weighted by atomic mass is 16.5. The fourth-order valence-electron chi connectivity index (χ4n) is 3.12. The third-order valence-electron chi connectivity index (χ3n) is 4.54. The smallest absolute Gasteiger partial charge is 0.340 e. The minimum Gasteiger partial charge on any atom is -0.497 e. The molecule has 1 atom stereocenters. The lowest BCUT2D eigenvalue weighted by Crippen LogP contribution is -2.28. The number of amides is 2. The van der Waals surface area contributed by atoms with Crippen molar-refractivity contribution in [3.05, 3.63) is 54.1 Å². The zero-order valence-electron chi connectivity index (χ0n) is 15.8. The van der Waals surface area contributed by atoms with Crippen LogP contribution in [0.1, 0.15) is 23.7 Å². The predicted molar refractivity (Wildman–Crippen MR) is 104 cm³/mol. The summed E-state index contributed by atoms with van der Waals surface area (Å²) < 4.78 is 10.2.